The van der Waals surface area contributed by atoms with Crippen LogP contribution >= 0.6 is 0 Å². The van der Waals surface area contributed by atoms with E-state index in [9.17, 15) is 4.79 Å². The number of esters is 1. The quantitative estimate of drug-likeness (QED) is 0.690. The Bertz CT molecular complexity index is 735. The van der Waals surface area contributed by atoms with Crippen molar-refractivity contribution in [2.24, 2.45) is 0 Å². The Morgan fingerprint density at radius 2 is 2.38 bits per heavy atom. The zero-order valence-corrected chi connectivity index (χ0v) is 12.2. The Hall–Kier alpha value is -2.50. The van der Waals surface area contributed by atoms with Gasteiger partial charge in [-0.1, -0.05) is 6.08 Å². The minimum Gasteiger partial charge on any atom is -0.465 e. The van der Waals surface area contributed by atoms with E-state index in [-0.39, 0.29) is 12.0 Å². The van der Waals surface area contributed by atoms with Crippen LogP contribution in [0.5, 0.6) is 0 Å². The predicted molar refractivity (Wildman–Crippen MR) is 82.6 cm³/mol. The zero-order valence-electron chi connectivity index (χ0n) is 12.2. The number of benzene rings is 1. The van der Waals surface area contributed by atoms with E-state index >= 15 is 0 Å². The van der Waals surface area contributed by atoms with Crippen LogP contribution in [0.25, 0.3) is 11.0 Å². The summed E-state index contributed by atoms with van der Waals surface area (Å²) in [5.41, 5.74) is 9.17. The highest BCUT2D eigenvalue weighted by Gasteiger charge is 2.28. The normalized spacial score (nSPS) is 17.0. The van der Waals surface area contributed by atoms with E-state index in [0.29, 0.717) is 17.0 Å². The summed E-state index contributed by atoms with van der Waals surface area (Å²) in [6, 6.07) is 3.76. The Balaban J connectivity index is 2.27. The van der Waals surface area contributed by atoms with Crippen molar-refractivity contribution >= 4 is 28.6 Å². The number of carbonyl (C=O) groups is 1. The first-order valence-electron chi connectivity index (χ1n) is 6.78. The average Bonchev–Trinajstić information content (AvgIpc) is 2.80. The van der Waals surface area contributed by atoms with Crippen LogP contribution in [0.15, 0.2) is 24.8 Å². The number of hydrogen-bond acceptors (Lipinski definition) is 5. The molecule has 0 fully saturated rings. The van der Waals surface area contributed by atoms with E-state index in [1.807, 2.05) is 23.8 Å². The summed E-state index contributed by atoms with van der Waals surface area (Å²) in [6.45, 7) is 4.60. The molecule has 2 heterocycles. The molecule has 21 heavy (non-hydrogen) atoms. The first kappa shape index (κ1) is 13.5. The molecule has 0 saturated carbocycles. The van der Waals surface area contributed by atoms with Gasteiger partial charge < -0.3 is 19.9 Å². The number of rotatable bonds is 3. The van der Waals surface area contributed by atoms with E-state index in [4.69, 9.17) is 10.5 Å². The number of nitrogens with zero attached hydrogens (tertiary/aromatic N) is 3. The highest BCUT2D eigenvalue weighted by Crippen LogP contribution is 2.38. The number of ether oxygens (including phenoxy) is 1. The van der Waals surface area contributed by atoms with Crippen LogP contribution in [0, 0.1) is 0 Å². The number of hydrogen-bond donors (Lipinski definition) is 1. The summed E-state index contributed by atoms with van der Waals surface area (Å²) in [7, 11) is 3.37. The molecule has 0 aliphatic carbocycles. The fourth-order valence-corrected chi connectivity index (χ4v) is 2.99. The number of nitrogen functional groups attached to an aromatic ring is 1. The Labute approximate surface area is 122 Å². The zero-order chi connectivity index (χ0) is 15.1. The number of methoxy groups -OCH3 is 1. The molecule has 2 N–H and O–H groups in total. The molecule has 0 bridgehead atoms. The number of allylic oxidation sites excluding steroid dienone is 1. The molecule has 1 aliphatic heterocycles. The second kappa shape index (κ2) is 4.80. The number of anilines is 2. The smallest absolute Gasteiger partial charge is 0.338 e. The molecule has 6 heteroatoms. The van der Waals surface area contributed by atoms with E-state index in [1.54, 1.807) is 6.07 Å². The summed E-state index contributed by atoms with van der Waals surface area (Å²) in [5, 5.41) is 0. The minimum atomic E-state index is -0.372. The third-order valence-corrected chi connectivity index (χ3v) is 3.91. The van der Waals surface area contributed by atoms with Crippen LogP contribution in [-0.4, -0.2) is 36.2 Å². The van der Waals surface area contributed by atoms with Gasteiger partial charge in [0.05, 0.1) is 35.4 Å². The van der Waals surface area contributed by atoms with Crippen molar-refractivity contribution < 1.29 is 9.53 Å². The first-order chi connectivity index (χ1) is 10.1. The van der Waals surface area contributed by atoms with Gasteiger partial charge in [0, 0.05) is 13.6 Å². The van der Waals surface area contributed by atoms with Crippen LogP contribution in [0.3, 0.4) is 0 Å². The van der Waals surface area contributed by atoms with E-state index < -0.39 is 0 Å². The maximum atomic E-state index is 11.8. The average molecular weight is 286 g/mol. The molecule has 0 amide bonds. The highest BCUT2D eigenvalue weighted by atomic mass is 16.5. The van der Waals surface area contributed by atoms with Crippen LogP contribution in [-0.2, 0) is 4.74 Å². The van der Waals surface area contributed by atoms with Gasteiger partial charge in [0.15, 0.2) is 0 Å². The maximum absolute atomic E-state index is 11.8. The van der Waals surface area contributed by atoms with Crippen molar-refractivity contribution in [1.82, 2.24) is 9.55 Å². The molecule has 1 aliphatic rings. The SMILES string of the molecule is C=CC[C@H]1CN(C)c2cc(C(=O)OC)cc3nc(N)n1c23. The largest absolute Gasteiger partial charge is 0.465 e. The van der Waals surface area contributed by atoms with Crippen molar-refractivity contribution in [2.75, 3.05) is 31.3 Å². The van der Waals surface area contributed by atoms with Crippen LogP contribution in [0.2, 0.25) is 0 Å². The summed E-state index contributed by atoms with van der Waals surface area (Å²) in [4.78, 5) is 18.3. The van der Waals surface area contributed by atoms with Crippen molar-refractivity contribution in [3.05, 3.63) is 30.4 Å². The predicted octanol–water partition coefficient (Wildman–Crippen LogP) is 1.97. The lowest BCUT2D eigenvalue weighted by Crippen LogP contribution is -2.32. The Morgan fingerprint density at radius 3 is 3.05 bits per heavy atom. The number of imidazole rings is 1. The summed E-state index contributed by atoms with van der Waals surface area (Å²) in [6.07, 6.45) is 2.70. The van der Waals surface area contributed by atoms with E-state index in [0.717, 1.165) is 24.2 Å². The van der Waals surface area contributed by atoms with Crippen molar-refractivity contribution in [1.29, 1.82) is 0 Å². The maximum Gasteiger partial charge on any atom is 0.338 e. The minimum absolute atomic E-state index is 0.203. The molecule has 1 aromatic heterocycles. The third-order valence-electron chi connectivity index (χ3n) is 3.91. The lowest BCUT2D eigenvalue weighted by Gasteiger charge is -2.33. The molecular formula is C15H18N4O2. The molecule has 110 valence electrons. The number of nitrogens with two attached hydrogens (primary N) is 1. The summed E-state index contributed by atoms with van der Waals surface area (Å²) < 4.78 is 6.83. The fourth-order valence-electron chi connectivity index (χ4n) is 2.99. The van der Waals surface area contributed by atoms with Crippen LogP contribution in [0.4, 0.5) is 11.6 Å². The Kier molecular flexibility index (Phi) is 3.08. The van der Waals surface area contributed by atoms with Gasteiger partial charge in [-0.05, 0) is 18.6 Å². The number of carbonyl (C=O) groups excluding carboxylic acids is 1. The number of likely N-dealkylation sites (N-methyl/N-ethyl adjacent to an activating group) is 1. The Morgan fingerprint density at radius 1 is 1.62 bits per heavy atom. The van der Waals surface area contributed by atoms with E-state index in [2.05, 4.69) is 16.5 Å². The summed E-state index contributed by atoms with van der Waals surface area (Å²) in [5.74, 6) is 0.0936. The summed E-state index contributed by atoms with van der Waals surface area (Å²) >= 11 is 0. The highest BCUT2D eigenvalue weighted by molar-refractivity contribution is 6.00. The lowest BCUT2D eigenvalue weighted by atomic mass is 10.1. The van der Waals surface area contributed by atoms with Gasteiger partial charge in [0.1, 0.15) is 0 Å². The topological polar surface area (TPSA) is 73.4 Å². The van der Waals surface area contributed by atoms with E-state index in [1.165, 1.54) is 7.11 Å². The van der Waals surface area contributed by atoms with Gasteiger partial charge in [-0.3, -0.25) is 0 Å². The molecule has 1 aromatic carbocycles. The molecule has 1 atom stereocenters. The van der Waals surface area contributed by atoms with Gasteiger partial charge in [-0.15, -0.1) is 6.58 Å². The standard InChI is InChI=1S/C15H18N4O2/c1-4-5-10-8-18(2)12-7-9(14(20)21-3)6-11-13(12)19(10)15(16)17-11/h4,6-7,10H,1,5,8H2,2-3H3,(H2,16,17)/t10-/m0/s1. The van der Waals surface area contributed by atoms with Gasteiger partial charge >= 0.3 is 5.97 Å². The van der Waals surface area contributed by atoms with Gasteiger partial charge in [-0.2, -0.15) is 0 Å². The number of aromatic nitrogens is 2. The monoisotopic (exact) mass is 286 g/mol. The van der Waals surface area contributed by atoms with Crippen molar-refractivity contribution in [3.63, 3.8) is 0 Å². The van der Waals surface area contributed by atoms with Crippen LogP contribution in [0.1, 0.15) is 22.8 Å². The lowest BCUT2D eigenvalue weighted by molar-refractivity contribution is 0.0601. The van der Waals surface area contributed by atoms with Crippen molar-refractivity contribution in [2.45, 2.75) is 12.5 Å². The molecular weight excluding hydrogens is 268 g/mol. The molecule has 6 nitrogen and oxygen atoms in total. The second-order valence-corrected chi connectivity index (χ2v) is 5.25. The third kappa shape index (κ3) is 1.94. The fraction of sp³-hybridized carbons (Fsp3) is 0.333. The van der Waals surface area contributed by atoms with Gasteiger partial charge in [0.25, 0.3) is 0 Å². The molecule has 0 radical (unpaired) electrons. The molecule has 0 unspecified atom stereocenters. The molecule has 0 saturated heterocycles. The van der Waals surface area contributed by atoms with Gasteiger partial charge in [-0.25, -0.2) is 9.78 Å². The molecule has 3 rings (SSSR count). The van der Waals surface area contributed by atoms with Crippen LogP contribution < -0.4 is 10.6 Å². The second-order valence-electron chi connectivity index (χ2n) is 5.25. The van der Waals surface area contributed by atoms with Crippen molar-refractivity contribution in [3.8, 4) is 0 Å². The first-order valence-corrected chi connectivity index (χ1v) is 6.78. The molecule has 0 spiro atoms. The van der Waals surface area contributed by atoms with Gasteiger partial charge in [0.2, 0.25) is 5.95 Å². The molecule has 2 aromatic rings.